The highest BCUT2D eigenvalue weighted by molar-refractivity contribution is 6.04. The van der Waals surface area contributed by atoms with Crippen LogP contribution in [0.5, 0.6) is 17.2 Å². The average Bonchev–Trinajstić information content (AvgIpc) is 2.48. The SMILES string of the molecule is COc1ccc2c(c1)OC[C@@H](c1ccc(O)cc1)C2=O. The van der Waals surface area contributed by atoms with Gasteiger partial charge in [-0.05, 0) is 29.8 Å². The molecule has 102 valence electrons. The Morgan fingerprint density at radius 2 is 1.95 bits per heavy atom. The molecular formula is C16H14O4. The lowest BCUT2D eigenvalue weighted by Gasteiger charge is -2.24. The van der Waals surface area contributed by atoms with Crippen LogP contribution in [0, 0.1) is 0 Å². The number of carbonyl (C=O) groups excluding carboxylic acids is 1. The van der Waals surface area contributed by atoms with Gasteiger partial charge in [0, 0.05) is 6.07 Å². The van der Waals surface area contributed by atoms with Gasteiger partial charge in [-0.25, -0.2) is 0 Å². The summed E-state index contributed by atoms with van der Waals surface area (Å²) in [7, 11) is 1.58. The van der Waals surface area contributed by atoms with Gasteiger partial charge in [-0.2, -0.15) is 0 Å². The molecule has 2 aromatic rings. The van der Waals surface area contributed by atoms with Crippen LogP contribution in [0.15, 0.2) is 42.5 Å². The molecule has 0 amide bonds. The zero-order chi connectivity index (χ0) is 14.1. The van der Waals surface area contributed by atoms with Crippen LogP contribution in [-0.2, 0) is 0 Å². The summed E-state index contributed by atoms with van der Waals surface area (Å²) < 4.78 is 10.8. The maximum absolute atomic E-state index is 12.5. The van der Waals surface area contributed by atoms with E-state index in [4.69, 9.17) is 9.47 Å². The van der Waals surface area contributed by atoms with Gasteiger partial charge in [0.1, 0.15) is 23.9 Å². The monoisotopic (exact) mass is 270 g/mol. The molecule has 20 heavy (non-hydrogen) atoms. The van der Waals surface area contributed by atoms with Gasteiger partial charge in [0.05, 0.1) is 18.6 Å². The quantitative estimate of drug-likeness (QED) is 0.911. The molecule has 0 aliphatic carbocycles. The number of benzene rings is 2. The zero-order valence-electron chi connectivity index (χ0n) is 11.0. The molecule has 0 spiro atoms. The van der Waals surface area contributed by atoms with E-state index < -0.39 is 0 Å². The molecule has 1 aliphatic heterocycles. The summed E-state index contributed by atoms with van der Waals surface area (Å²) >= 11 is 0. The molecular weight excluding hydrogens is 256 g/mol. The van der Waals surface area contributed by atoms with Gasteiger partial charge in [-0.3, -0.25) is 4.79 Å². The van der Waals surface area contributed by atoms with Crippen LogP contribution in [-0.4, -0.2) is 24.6 Å². The normalized spacial score (nSPS) is 17.2. The summed E-state index contributed by atoms with van der Waals surface area (Å²) in [5.74, 6) is 1.10. The first kappa shape index (κ1) is 12.5. The van der Waals surface area contributed by atoms with Crippen molar-refractivity contribution in [1.29, 1.82) is 0 Å². The smallest absolute Gasteiger partial charge is 0.177 e. The van der Waals surface area contributed by atoms with E-state index in [1.54, 1.807) is 49.6 Å². The van der Waals surface area contributed by atoms with Crippen molar-refractivity contribution in [3.63, 3.8) is 0 Å². The van der Waals surface area contributed by atoms with E-state index in [0.717, 1.165) is 5.56 Å². The van der Waals surface area contributed by atoms with Crippen molar-refractivity contribution in [1.82, 2.24) is 0 Å². The number of aromatic hydroxyl groups is 1. The van der Waals surface area contributed by atoms with Crippen molar-refractivity contribution >= 4 is 5.78 Å². The molecule has 1 N–H and O–H groups in total. The molecule has 4 heteroatoms. The Labute approximate surface area is 116 Å². The predicted molar refractivity (Wildman–Crippen MR) is 73.7 cm³/mol. The minimum Gasteiger partial charge on any atom is -0.508 e. The second-order valence-electron chi connectivity index (χ2n) is 4.68. The number of Topliss-reactive ketones (excluding diaryl/α,β-unsaturated/α-hetero) is 1. The largest absolute Gasteiger partial charge is 0.508 e. The standard InChI is InChI=1S/C16H14O4/c1-19-12-6-7-13-15(8-12)20-9-14(16(13)18)10-2-4-11(17)5-3-10/h2-8,14,17H,9H2,1H3/t14-/m0/s1. The van der Waals surface area contributed by atoms with E-state index in [1.165, 1.54) is 0 Å². The molecule has 0 saturated heterocycles. The van der Waals surface area contributed by atoms with Gasteiger partial charge in [0.25, 0.3) is 0 Å². The number of rotatable bonds is 2. The van der Waals surface area contributed by atoms with Crippen LogP contribution in [0.3, 0.4) is 0 Å². The zero-order valence-corrected chi connectivity index (χ0v) is 11.0. The predicted octanol–water partition coefficient (Wildman–Crippen LogP) is 2.76. The van der Waals surface area contributed by atoms with Gasteiger partial charge in [-0.15, -0.1) is 0 Å². The topological polar surface area (TPSA) is 55.8 Å². The maximum Gasteiger partial charge on any atom is 0.177 e. The van der Waals surface area contributed by atoms with Crippen molar-refractivity contribution in [2.75, 3.05) is 13.7 Å². The summed E-state index contributed by atoms with van der Waals surface area (Å²) in [4.78, 5) is 12.5. The molecule has 0 bridgehead atoms. The number of methoxy groups -OCH3 is 1. The second-order valence-corrected chi connectivity index (χ2v) is 4.68. The molecule has 3 rings (SSSR count). The van der Waals surface area contributed by atoms with Crippen molar-refractivity contribution in [2.45, 2.75) is 5.92 Å². The van der Waals surface area contributed by atoms with Gasteiger partial charge in [0.15, 0.2) is 5.78 Å². The van der Waals surface area contributed by atoms with Crippen molar-refractivity contribution in [2.24, 2.45) is 0 Å². The number of phenols is 1. The van der Waals surface area contributed by atoms with E-state index in [1.807, 2.05) is 0 Å². The first-order chi connectivity index (χ1) is 9.69. The van der Waals surface area contributed by atoms with Crippen LogP contribution in [0.2, 0.25) is 0 Å². The summed E-state index contributed by atoms with van der Waals surface area (Å²) in [5, 5.41) is 9.31. The van der Waals surface area contributed by atoms with Crippen molar-refractivity contribution in [3.05, 3.63) is 53.6 Å². The maximum atomic E-state index is 12.5. The Bertz CT molecular complexity index is 646. The van der Waals surface area contributed by atoms with Crippen LogP contribution in [0.25, 0.3) is 0 Å². The minimum absolute atomic E-state index is 0.0274. The van der Waals surface area contributed by atoms with Gasteiger partial charge >= 0.3 is 0 Å². The molecule has 2 aromatic carbocycles. The Kier molecular flexibility index (Phi) is 3.06. The molecule has 1 aliphatic rings. The summed E-state index contributed by atoms with van der Waals surface area (Å²) in [5.41, 5.74) is 1.41. The Morgan fingerprint density at radius 1 is 1.20 bits per heavy atom. The third-order valence-electron chi connectivity index (χ3n) is 3.47. The number of hydrogen-bond acceptors (Lipinski definition) is 4. The summed E-state index contributed by atoms with van der Waals surface area (Å²) in [6.45, 7) is 0.295. The molecule has 0 radical (unpaired) electrons. The number of carbonyl (C=O) groups is 1. The van der Waals surface area contributed by atoms with E-state index in [2.05, 4.69) is 0 Å². The average molecular weight is 270 g/mol. The number of fused-ring (bicyclic) bond motifs is 1. The van der Waals surface area contributed by atoms with Crippen LogP contribution in [0.4, 0.5) is 0 Å². The Hall–Kier alpha value is -2.49. The lowest BCUT2D eigenvalue weighted by atomic mass is 9.89. The Balaban J connectivity index is 1.94. The molecule has 4 nitrogen and oxygen atoms in total. The number of hydrogen-bond donors (Lipinski definition) is 1. The molecule has 1 heterocycles. The second kappa shape index (κ2) is 4.89. The highest BCUT2D eigenvalue weighted by Gasteiger charge is 2.30. The van der Waals surface area contributed by atoms with Crippen LogP contribution in [0.1, 0.15) is 21.8 Å². The lowest BCUT2D eigenvalue weighted by Crippen LogP contribution is -2.25. The fourth-order valence-corrected chi connectivity index (χ4v) is 2.34. The van der Waals surface area contributed by atoms with Crippen LogP contribution >= 0.6 is 0 Å². The summed E-state index contributed by atoms with van der Waals surface area (Å²) in [6, 6.07) is 11.8. The van der Waals surface area contributed by atoms with E-state index in [0.29, 0.717) is 23.7 Å². The number of ether oxygens (including phenoxy) is 2. The van der Waals surface area contributed by atoms with Gasteiger partial charge in [0.2, 0.25) is 0 Å². The van der Waals surface area contributed by atoms with E-state index in [9.17, 15) is 9.90 Å². The minimum atomic E-state index is -0.337. The lowest BCUT2D eigenvalue weighted by molar-refractivity contribution is 0.0896. The molecule has 1 atom stereocenters. The molecule has 0 fully saturated rings. The Morgan fingerprint density at radius 3 is 2.65 bits per heavy atom. The van der Waals surface area contributed by atoms with Gasteiger partial charge in [-0.1, -0.05) is 12.1 Å². The van der Waals surface area contributed by atoms with E-state index >= 15 is 0 Å². The van der Waals surface area contributed by atoms with E-state index in [-0.39, 0.29) is 17.5 Å². The van der Waals surface area contributed by atoms with Crippen LogP contribution < -0.4 is 9.47 Å². The van der Waals surface area contributed by atoms with Gasteiger partial charge < -0.3 is 14.6 Å². The highest BCUT2D eigenvalue weighted by Crippen LogP contribution is 2.35. The molecule has 0 aromatic heterocycles. The molecule has 0 saturated carbocycles. The first-order valence-corrected chi connectivity index (χ1v) is 6.33. The van der Waals surface area contributed by atoms with Crippen molar-refractivity contribution in [3.8, 4) is 17.2 Å². The summed E-state index contributed by atoms with van der Waals surface area (Å²) in [6.07, 6.45) is 0. The first-order valence-electron chi connectivity index (χ1n) is 6.33. The number of phenolic OH excluding ortho intramolecular Hbond substituents is 1. The highest BCUT2D eigenvalue weighted by atomic mass is 16.5. The van der Waals surface area contributed by atoms with Crippen molar-refractivity contribution < 1.29 is 19.4 Å². The third-order valence-corrected chi connectivity index (χ3v) is 3.47. The third kappa shape index (κ3) is 2.09. The number of ketones is 1. The fraction of sp³-hybridized carbons (Fsp3) is 0.188. The molecule has 0 unspecified atom stereocenters. The fourth-order valence-electron chi connectivity index (χ4n) is 2.34.